The summed E-state index contributed by atoms with van der Waals surface area (Å²) in [7, 11) is -4.02. The minimum Gasteiger partial charge on any atom is -0.268 e. The van der Waals surface area contributed by atoms with Crippen molar-refractivity contribution in [3.8, 4) is 0 Å². The van der Waals surface area contributed by atoms with Crippen molar-refractivity contribution in [3.05, 3.63) is 0 Å². The van der Waals surface area contributed by atoms with E-state index in [0.29, 0.717) is 12.8 Å². The summed E-state index contributed by atoms with van der Waals surface area (Å²) >= 11 is 0. The molecule has 0 aromatic rings. The van der Waals surface area contributed by atoms with E-state index in [1.807, 2.05) is 0 Å². The SMILES string of the molecule is CCCCCCCCCCCOS(=O)(=O)C(F)CCCCCC. The number of hydrogen-bond donors (Lipinski definition) is 0. The molecule has 23 heavy (non-hydrogen) atoms. The van der Waals surface area contributed by atoms with Gasteiger partial charge in [-0.25, -0.2) is 4.39 Å². The Morgan fingerprint density at radius 3 is 1.70 bits per heavy atom. The summed E-state index contributed by atoms with van der Waals surface area (Å²) in [4.78, 5) is 0. The molecule has 0 aromatic heterocycles. The van der Waals surface area contributed by atoms with Crippen LogP contribution in [0.25, 0.3) is 0 Å². The lowest BCUT2D eigenvalue weighted by molar-refractivity contribution is 0.271. The molecule has 0 rings (SSSR count). The molecular formula is C18H37FO3S. The first-order chi connectivity index (χ1) is 11.0. The highest BCUT2D eigenvalue weighted by Crippen LogP contribution is 2.16. The number of rotatable bonds is 17. The molecule has 3 nitrogen and oxygen atoms in total. The molecule has 0 radical (unpaired) electrons. The van der Waals surface area contributed by atoms with Gasteiger partial charge in [0, 0.05) is 0 Å². The summed E-state index contributed by atoms with van der Waals surface area (Å²) in [6.45, 7) is 4.40. The van der Waals surface area contributed by atoms with Gasteiger partial charge in [-0.3, -0.25) is 4.18 Å². The van der Waals surface area contributed by atoms with Crippen LogP contribution in [0.15, 0.2) is 0 Å². The standard InChI is InChI=1S/C18H37FO3S/c1-3-5-7-9-10-11-12-13-15-17-22-23(20,21)18(19)16-14-8-6-4-2/h18H,3-17H2,1-2H3. The summed E-state index contributed by atoms with van der Waals surface area (Å²) in [5.41, 5.74) is -1.86. The van der Waals surface area contributed by atoms with Crippen LogP contribution >= 0.6 is 0 Å². The van der Waals surface area contributed by atoms with Crippen molar-refractivity contribution in [2.24, 2.45) is 0 Å². The lowest BCUT2D eigenvalue weighted by Crippen LogP contribution is -2.19. The van der Waals surface area contributed by atoms with E-state index < -0.39 is 15.6 Å². The van der Waals surface area contributed by atoms with Crippen LogP contribution in [0.4, 0.5) is 4.39 Å². The van der Waals surface area contributed by atoms with E-state index in [2.05, 4.69) is 13.8 Å². The van der Waals surface area contributed by atoms with Gasteiger partial charge in [0.25, 0.3) is 10.1 Å². The molecule has 0 amide bonds. The minimum atomic E-state index is -4.02. The molecule has 0 aliphatic rings. The number of halogens is 1. The Morgan fingerprint density at radius 1 is 0.739 bits per heavy atom. The predicted octanol–water partition coefficient (Wildman–Crippen LogP) is 6.13. The summed E-state index contributed by atoms with van der Waals surface area (Å²) < 4.78 is 41.7. The fourth-order valence-corrected chi connectivity index (χ4v) is 3.49. The fourth-order valence-electron chi connectivity index (χ4n) is 2.54. The number of unbranched alkanes of at least 4 members (excludes halogenated alkanes) is 11. The van der Waals surface area contributed by atoms with Gasteiger partial charge in [-0.1, -0.05) is 84.5 Å². The quantitative estimate of drug-likeness (QED) is 0.234. The van der Waals surface area contributed by atoms with Gasteiger partial charge in [0.15, 0.2) is 0 Å². The van der Waals surface area contributed by atoms with E-state index in [1.54, 1.807) is 0 Å². The monoisotopic (exact) mass is 352 g/mol. The smallest absolute Gasteiger partial charge is 0.268 e. The van der Waals surface area contributed by atoms with Crippen LogP contribution in [0.1, 0.15) is 104 Å². The van der Waals surface area contributed by atoms with E-state index in [0.717, 1.165) is 32.1 Å². The second kappa shape index (κ2) is 15.4. The molecular weight excluding hydrogens is 315 g/mol. The van der Waals surface area contributed by atoms with E-state index >= 15 is 0 Å². The molecule has 0 heterocycles. The third-order valence-electron chi connectivity index (χ3n) is 4.09. The maximum absolute atomic E-state index is 13.7. The van der Waals surface area contributed by atoms with Crippen molar-refractivity contribution in [2.45, 2.75) is 109 Å². The van der Waals surface area contributed by atoms with Gasteiger partial charge in [-0.15, -0.1) is 0 Å². The van der Waals surface area contributed by atoms with Crippen LogP contribution in [-0.2, 0) is 14.3 Å². The number of hydrogen-bond acceptors (Lipinski definition) is 3. The highest BCUT2D eigenvalue weighted by atomic mass is 32.2. The first kappa shape index (κ1) is 22.8. The van der Waals surface area contributed by atoms with Crippen LogP contribution in [0.3, 0.4) is 0 Å². The second-order valence-electron chi connectivity index (χ2n) is 6.40. The minimum absolute atomic E-state index is 0.0556. The normalized spacial score (nSPS) is 13.3. The van der Waals surface area contributed by atoms with Gasteiger partial charge < -0.3 is 0 Å². The molecule has 0 aliphatic heterocycles. The Morgan fingerprint density at radius 2 is 1.17 bits per heavy atom. The molecule has 0 aromatic carbocycles. The Kier molecular flexibility index (Phi) is 15.3. The first-order valence-electron chi connectivity index (χ1n) is 9.57. The van der Waals surface area contributed by atoms with Crippen molar-refractivity contribution in [2.75, 3.05) is 6.61 Å². The highest BCUT2D eigenvalue weighted by Gasteiger charge is 2.25. The molecule has 0 spiro atoms. The summed E-state index contributed by atoms with van der Waals surface area (Å²) in [5.74, 6) is 0. The van der Waals surface area contributed by atoms with E-state index in [-0.39, 0.29) is 13.0 Å². The van der Waals surface area contributed by atoms with Gasteiger partial charge >= 0.3 is 0 Å². The van der Waals surface area contributed by atoms with Crippen molar-refractivity contribution in [1.29, 1.82) is 0 Å². The van der Waals surface area contributed by atoms with Crippen molar-refractivity contribution < 1.29 is 17.0 Å². The zero-order valence-corrected chi connectivity index (χ0v) is 16.0. The van der Waals surface area contributed by atoms with Gasteiger partial charge in [0.1, 0.15) is 0 Å². The first-order valence-corrected chi connectivity index (χ1v) is 11.0. The molecule has 1 unspecified atom stereocenters. The predicted molar refractivity (Wildman–Crippen MR) is 95.8 cm³/mol. The van der Waals surface area contributed by atoms with E-state index in [4.69, 9.17) is 4.18 Å². The summed E-state index contributed by atoms with van der Waals surface area (Å²) in [6.07, 6.45) is 14.0. The number of alkyl halides is 1. The summed E-state index contributed by atoms with van der Waals surface area (Å²) in [6, 6.07) is 0. The van der Waals surface area contributed by atoms with Crippen molar-refractivity contribution in [3.63, 3.8) is 0 Å². The highest BCUT2D eigenvalue weighted by molar-refractivity contribution is 7.87. The second-order valence-corrected chi connectivity index (χ2v) is 8.14. The van der Waals surface area contributed by atoms with Crippen LogP contribution < -0.4 is 0 Å². The Balaban J connectivity index is 3.54. The third-order valence-corrected chi connectivity index (χ3v) is 5.45. The average molecular weight is 353 g/mol. The maximum Gasteiger partial charge on any atom is 0.299 e. The fraction of sp³-hybridized carbons (Fsp3) is 1.00. The molecule has 5 heteroatoms. The van der Waals surface area contributed by atoms with Gasteiger partial charge in [-0.2, -0.15) is 8.42 Å². The zero-order chi connectivity index (χ0) is 17.4. The molecule has 140 valence electrons. The van der Waals surface area contributed by atoms with Crippen LogP contribution in [0, 0.1) is 0 Å². The molecule has 0 saturated carbocycles. The molecule has 0 bridgehead atoms. The maximum atomic E-state index is 13.7. The van der Waals surface area contributed by atoms with Crippen molar-refractivity contribution in [1.82, 2.24) is 0 Å². The molecule has 0 aliphatic carbocycles. The third kappa shape index (κ3) is 13.9. The van der Waals surface area contributed by atoms with Gasteiger partial charge in [-0.05, 0) is 19.3 Å². The van der Waals surface area contributed by atoms with E-state index in [1.165, 1.54) is 38.5 Å². The summed E-state index contributed by atoms with van der Waals surface area (Å²) in [5, 5.41) is 0. The van der Waals surface area contributed by atoms with Gasteiger partial charge in [0.2, 0.25) is 5.50 Å². The molecule has 0 N–H and O–H groups in total. The van der Waals surface area contributed by atoms with Crippen molar-refractivity contribution >= 4 is 10.1 Å². The lowest BCUT2D eigenvalue weighted by Gasteiger charge is -2.10. The molecule has 1 atom stereocenters. The zero-order valence-electron chi connectivity index (χ0n) is 15.2. The average Bonchev–Trinajstić information content (AvgIpc) is 2.53. The Bertz CT molecular complexity index is 344. The van der Waals surface area contributed by atoms with Crippen LogP contribution in [0.5, 0.6) is 0 Å². The van der Waals surface area contributed by atoms with Crippen LogP contribution in [0.2, 0.25) is 0 Å². The molecule has 0 saturated heterocycles. The van der Waals surface area contributed by atoms with Gasteiger partial charge in [0.05, 0.1) is 6.61 Å². The largest absolute Gasteiger partial charge is 0.299 e. The molecule has 0 fully saturated rings. The van der Waals surface area contributed by atoms with Crippen LogP contribution in [-0.4, -0.2) is 20.5 Å². The van der Waals surface area contributed by atoms with E-state index in [9.17, 15) is 12.8 Å². The lowest BCUT2D eigenvalue weighted by atomic mass is 10.1. The Labute approximate surface area is 143 Å². The Hall–Kier alpha value is -0.160. The topological polar surface area (TPSA) is 43.4 Å².